The first-order chi connectivity index (χ1) is 18.1. The van der Waals surface area contributed by atoms with E-state index in [4.69, 9.17) is 9.84 Å². The van der Waals surface area contributed by atoms with Crippen LogP contribution in [0.25, 0.3) is 11.5 Å². The number of anilines is 1. The van der Waals surface area contributed by atoms with E-state index >= 15 is 0 Å². The second-order valence-electron chi connectivity index (χ2n) is 9.04. The van der Waals surface area contributed by atoms with Gasteiger partial charge in [0.1, 0.15) is 11.6 Å². The average Bonchev–Trinajstić information content (AvgIpc) is 3.50. The van der Waals surface area contributed by atoms with Gasteiger partial charge in [0.2, 0.25) is 0 Å². The van der Waals surface area contributed by atoms with Gasteiger partial charge in [-0.15, -0.1) is 0 Å². The van der Waals surface area contributed by atoms with Gasteiger partial charge in [0.05, 0.1) is 36.8 Å². The summed E-state index contributed by atoms with van der Waals surface area (Å²) in [5.41, 5.74) is 5.51. The summed E-state index contributed by atoms with van der Waals surface area (Å²) in [6.07, 6.45) is 2.04. The van der Waals surface area contributed by atoms with Crippen LogP contribution in [0.2, 0.25) is 0 Å². The molecule has 6 rings (SSSR count). The van der Waals surface area contributed by atoms with E-state index in [0.717, 1.165) is 45.5 Å². The van der Waals surface area contributed by atoms with Crippen molar-refractivity contribution in [3.8, 4) is 17.3 Å². The van der Waals surface area contributed by atoms with Gasteiger partial charge in [-0.05, 0) is 61.0 Å². The van der Waals surface area contributed by atoms with Crippen molar-refractivity contribution in [1.29, 1.82) is 0 Å². The van der Waals surface area contributed by atoms with Gasteiger partial charge in [-0.2, -0.15) is 5.10 Å². The highest BCUT2D eigenvalue weighted by Crippen LogP contribution is 2.39. The van der Waals surface area contributed by atoms with Crippen molar-refractivity contribution < 1.29 is 9.53 Å². The highest BCUT2D eigenvalue weighted by molar-refractivity contribution is 5.90. The number of amides is 2. The fourth-order valence-electron chi connectivity index (χ4n) is 5.03. The van der Waals surface area contributed by atoms with Crippen LogP contribution in [0, 0.1) is 6.92 Å². The van der Waals surface area contributed by atoms with Gasteiger partial charge in [-0.3, -0.25) is 0 Å². The fourth-order valence-corrected chi connectivity index (χ4v) is 5.03. The first kappa shape index (κ1) is 22.7. The summed E-state index contributed by atoms with van der Waals surface area (Å²) in [6.45, 7) is 2.39. The van der Waals surface area contributed by atoms with Gasteiger partial charge in [0.25, 0.3) is 0 Å². The summed E-state index contributed by atoms with van der Waals surface area (Å²) in [4.78, 5) is 15.8. The smallest absolute Gasteiger partial charge is 0.322 e. The number of ether oxygens (including phenoxy) is 1. The van der Waals surface area contributed by atoms with Crippen LogP contribution in [-0.2, 0) is 6.54 Å². The second-order valence-corrected chi connectivity index (χ2v) is 9.04. The molecule has 5 aromatic rings. The maximum absolute atomic E-state index is 13.9. The van der Waals surface area contributed by atoms with Crippen molar-refractivity contribution in [2.24, 2.45) is 0 Å². The van der Waals surface area contributed by atoms with Crippen LogP contribution in [0.4, 0.5) is 10.5 Å². The first-order valence-corrected chi connectivity index (χ1v) is 12.2. The lowest BCUT2D eigenvalue weighted by atomic mass is 10.0. The zero-order valence-electron chi connectivity index (χ0n) is 20.7. The summed E-state index contributed by atoms with van der Waals surface area (Å²) in [6, 6.07) is 31.1. The number of urea groups is 1. The minimum absolute atomic E-state index is 0.188. The average molecular weight is 490 g/mol. The molecule has 0 bridgehead atoms. The number of para-hydroxylation sites is 2. The zero-order chi connectivity index (χ0) is 25.4. The van der Waals surface area contributed by atoms with E-state index in [-0.39, 0.29) is 12.1 Å². The van der Waals surface area contributed by atoms with E-state index in [0.29, 0.717) is 6.54 Å². The van der Waals surface area contributed by atoms with Crippen LogP contribution >= 0.6 is 0 Å². The largest absolute Gasteiger partial charge is 0.497 e. The van der Waals surface area contributed by atoms with Crippen molar-refractivity contribution in [2.75, 3.05) is 12.4 Å². The van der Waals surface area contributed by atoms with E-state index < -0.39 is 0 Å². The van der Waals surface area contributed by atoms with Gasteiger partial charge in [-0.1, -0.05) is 48.5 Å². The molecule has 7 nitrogen and oxygen atoms in total. The predicted octanol–water partition coefficient (Wildman–Crippen LogP) is 6.12. The molecule has 2 amide bonds. The number of methoxy groups -OCH3 is 1. The molecule has 0 aliphatic carbocycles. The standard InChI is InChI=1S/C30H27N5O2/c1-21-26-20-34(30(36)31-23-12-5-3-6-13-23)28(22-11-9-16-25(19-22)37-2)27-17-10-18-33(27)29(26)35(32-21)24-14-7-4-8-15-24/h3-19,28H,20H2,1-2H3,(H,31,36). The molecule has 1 atom stereocenters. The lowest BCUT2D eigenvalue weighted by Crippen LogP contribution is -2.38. The SMILES string of the molecule is COc1cccc(C2c3cccn3-c3c(c(C)nn3-c3ccccc3)CN2C(=O)Nc2ccccc2)c1. The van der Waals surface area contributed by atoms with E-state index in [2.05, 4.69) is 16.0 Å². The summed E-state index contributed by atoms with van der Waals surface area (Å²) in [5.74, 6) is 1.68. The van der Waals surface area contributed by atoms with Crippen LogP contribution in [0.3, 0.4) is 0 Å². The summed E-state index contributed by atoms with van der Waals surface area (Å²) < 4.78 is 9.66. The fraction of sp³-hybridized carbons (Fsp3) is 0.133. The zero-order valence-corrected chi connectivity index (χ0v) is 20.7. The Labute approximate surface area is 215 Å². The normalized spacial score (nSPS) is 14.4. The molecule has 3 aromatic carbocycles. The number of aryl methyl sites for hydroxylation is 1. The molecule has 0 saturated heterocycles. The van der Waals surface area contributed by atoms with Crippen molar-refractivity contribution in [3.05, 3.63) is 126 Å². The summed E-state index contributed by atoms with van der Waals surface area (Å²) in [5, 5.41) is 8.00. The topological polar surface area (TPSA) is 64.3 Å². The maximum atomic E-state index is 13.9. The van der Waals surface area contributed by atoms with Gasteiger partial charge < -0.3 is 19.5 Å². The third kappa shape index (κ3) is 4.04. The number of nitrogens with zero attached hydrogens (tertiary/aromatic N) is 4. The predicted molar refractivity (Wildman–Crippen MR) is 143 cm³/mol. The lowest BCUT2D eigenvalue weighted by molar-refractivity contribution is 0.194. The molecule has 1 aliphatic rings. The molecule has 1 unspecified atom stereocenters. The number of hydrogen-bond donors (Lipinski definition) is 1. The Morgan fingerprint density at radius 3 is 2.46 bits per heavy atom. The molecule has 0 radical (unpaired) electrons. The molecule has 0 saturated carbocycles. The van der Waals surface area contributed by atoms with Gasteiger partial charge in [-0.25, -0.2) is 9.48 Å². The number of nitrogens with one attached hydrogen (secondary N) is 1. The molecule has 1 aliphatic heterocycles. The first-order valence-electron chi connectivity index (χ1n) is 12.2. The molecule has 7 heteroatoms. The van der Waals surface area contributed by atoms with E-state index in [1.165, 1.54) is 0 Å². The van der Waals surface area contributed by atoms with E-state index in [1.807, 2.05) is 114 Å². The number of benzene rings is 3. The second kappa shape index (κ2) is 9.35. The minimum atomic E-state index is -0.357. The molecular formula is C30H27N5O2. The molecule has 0 fully saturated rings. The molecule has 1 N–H and O–H groups in total. The Morgan fingerprint density at radius 1 is 0.946 bits per heavy atom. The van der Waals surface area contributed by atoms with Crippen molar-refractivity contribution >= 4 is 11.7 Å². The van der Waals surface area contributed by atoms with Crippen LogP contribution in [0.5, 0.6) is 5.75 Å². The van der Waals surface area contributed by atoms with Crippen molar-refractivity contribution in [2.45, 2.75) is 19.5 Å². The number of aromatic nitrogens is 3. The van der Waals surface area contributed by atoms with Gasteiger partial charge >= 0.3 is 6.03 Å². The van der Waals surface area contributed by atoms with Crippen LogP contribution in [0.15, 0.2) is 103 Å². The van der Waals surface area contributed by atoms with E-state index in [1.54, 1.807) is 7.11 Å². The molecule has 37 heavy (non-hydrogen) atoms. The van der Waals surface area contributed by atoms with Crippen LogP contribution in [0.1, 0.15) is 28.6 Å². The minimum Gasteiger partial charge on any atom is -0.497 e. The van der Waals surface area contributed by atoms with Crippen LogP contribution in [-0.4, -0.2) is 32.4 Å². The Bertz CT molecular complexity index is 1560. The van der Waals surface area contributed by atoms with Gasteiger partial charge in [0.15, 0.2) is 0 Å². The Balaban J connectivity index is 1.55. The number of fused-ring (bicyclic) bond motifs is 3. The number of hydrogen-bond acceptors (Lipinski definition) is 3. The highest BCUT2D eigenvalue weighted by atomic mass is 16.5. The van der Waals surface area contributed by atoms with Crippen molar-refractivity contribution in [3.63, 3.8) is 0 Å². The molecule has 184 valence electrons. The van der Waals surface area contributed by atoms with Crippen molar-refractivity contribution in [1.82, 2.24) is 19.2 Å². The maximum Gasteiger partial charge on any atom is 0.322 e. The molecule has 0 spiro atoms. The number of rotatable bonds is 4. The summed E-state index contributed by atoms with van der Waals surface area (Å²) >= 11 is 0. The number of carbonyl (C=O) groups excluding carboxylic acids is 1. The molecule has 3 heterocycles. The molecular weight excluding hydrogens is 462 g/mol. The third-order valence-corrected chi connectivity index (χ3v) is 6.78. The molecule has 2 aromatic heterocycles. The Kier molecular flexibility index (Phi) is 5.73. The lowest BCUT2D eigenvalue weighted by Gasteiger charge is -2.31. The van der Waals surface area contributed by atoms with E-state index in [9.17, 15) is 4.79 Å². The Hall–Kier alpha value is -4.78. The summed E-state index contributed by atoms with van der Waals surface area (Å²) in [7, 11) is 1.66. The quantitative estimate of drug-likeness (QED) is 0.331. The monoisotopic (exact) mass is 489 g/mol. The highest BCUT2D eigenvalue weighted by Gasteiger charge is 2.36. The van der Waals surface area contributed by atoms with Gasteiger partial charge in [0, 0.05) is 17.4 Å². The Morgan fingerprint density at radius 2 is 1.70 bits per heavy atom. The van der Waals surface area contributed by atoms with Crippen LogP contribution < -0.4 is 10.1 Å². The number of carbonyl (C=O) groups is 1. The third-order valence-electron chi connectivity index (χ3n) is 6.78.